The van der Waals surface area contributed by atoms with Crippen molar-refractivity contribution >= 4 is 9.84 Å². The lowest BCUT2D eigenvalue weighted by molar-refractivity contribution is 0.166. The lowest BCUT2D eigenvalue weighted by Crippen LogP contribution is -2.29. The second-order valence-electron chi connectivity index (χ2n) is 8.61. The molecule has 0 spiro atoms. The highest BCUT2D eigenvalue weighted by Gasteiger charge is 2.34. The number of ether oxygens (including phenoxy) is 2. The van der Waals surface area contributed by atoms with Crippen molar-refractivity contribution in [2.45, 2.75) is 37.9 Å². The molecule has 0 radical (unpaired) electrons. The van der Waals surface area contributed by atoms with Crippen LogP contribution in [0.3, 0.4) is 0 Å². The van der Waals surface area contributed by atoms with Crippen LogP contribution in [-0.4, -0.2) is 62.7 Å². The third-order valence-electron chi connectivity index (χ3n) is 5.90. The third-order valence-corrected chi connectivity index (χ3v) is 7.95. The second kappa shape index (κ2) is 10.6. The van der Waals surface area contributed by atoms with Crippen LogP contribution in [0.4, 0.5) is 0 Å². The summed E-state index contributed by atoms with van der Waals surface area (Å²) in [5, 5.41) is 18.1. The van der Waals surface area contributed by atoms with Crippen molar-refractivity contribution in [2.24, 2.45) is 0 Å². The molecule has 11 nitrogen and oxygen atoms in total. The van der Waals surface area contributed by atoms with Crippen molar-refractivity contribution in [3.8, 4) is 28.6 Å². The Bertz CT molecular complexity index is 1480. The Hall–Kier alpha value is -3.90. The molecule has 0 saturated heterocycles. The van der Waals surface area contributed by atoms with Crippen molar-refractivity contribution in [1.29, 1.82) is 0 Å². The van der Waals surface area contributed by atoms with Gasteiger partial charge in [-0.2, -0.15) is 0 Å². The highest BCUT2D eigenvalue weighted by atomic mass is 32.2. The van der Waals surface area contributed by atoms with Crippen LogP contribution >= 0.6 is 0 Å². The Morgan fingerprint density at radius 3 is 2.22 bits per heavy atom. The molecule has 4 rings (SSSR count). The van der Waals surface area contributed by atoms with E-state index in [4.69, 9.17) is 9.47 Å². The zero-order valence-corrected chi connectivity index (χ0v) is 22.0. The molecule has 2 atom stereocenters. The Morgan fingerprint density at radius 1 is 0.973 bits per heavy atom. The molecule has 0 fully saturated rings. The molecule has 12 heteroatoms. The molecule has 37 heavy (non-hydrogen) atoms. The minimum Gasteiger partial charge on any atom is -0.494 e. The van der Waals surface area contributed by atoms with Gasteiger partial charge in [-0.25, -0.2) is 18.4 Å². The van der Waals surface area contributed by atoms with Gasteiger partial charge in [-0.15, -0.1) is 10.2 Å². The summed E-state index contributed by atoms with van der Waals surface area (Å²) in [6.45, 7) is 5.11. The maximum Gasteiger partial charge on any atom is 0.170 e. The number of aryl methyl sites for hydroxylation is 2. The van der Waals surface area contributed by atoms with Gasteiger partial charge in [0.25, 0.3) is 0 Å². The molecule has 0 aliphatic carbocycles. The van der Waals surface area contributed by atoms with E-state index in [1.807, 2.05) is 13.0 Å². The molecule has 4 aromatic rings. The monoisotopic (exact) mass is 524 g/mol. The maximum atomic E-state index is 13.5. The van der Waals surface area contributed by atoms with Crippen molar-refractivity contribution in [3.05, 3.63) is 71.8 Å². The Morgan fingerprint density at radius 2 is 1.62 bits per heavy atom. The molecule has 3 heterocycles. The normalized spacial score (nSPS) is 13.2. The summed E-state index contributed by atoms with van der Waals surface area (Å²) in [5.74, 6) is 0.843. The van der Waals surface area contributed by atoms with E-state index in [0.717, 1.165) is 11.1 Å². The molecule has 0 saturated carbocycles. The quantitative estimate of drug-likeness (QED) is 0.347. The number of benzene rings is 1. The van der Waals surface area contributed by atoms with E-state index >= 15 is 0 Å². The fourth-order valence-electron chi connectivity index (χ4n) is 3.83. The minimum absolute atomic E-state index is 0.0288. The number of hydrogen-bond donors (Lipinski definition) is 1. The van der Waals surface area contributed by atoms with Crippen LogP contribution in [0.2, 0.25) is 0 Å². The van der Waals surface area contributed by atoms with Crippen LogP contribution in [0.1, 0.15) is 35.8 Å². The van der Waals surface area contributed by atoms with Crippen LogP contribution in [0.5, 0.6) is 11.5 Å². The maximum absolute atomic E-state index is 13.5. The van der Waals surface area contributed by atoms with E-state index < -0.39 is 26.9 Å². The lowest BCUT2D eigenvalue weighted by Gasteiger charge is -2.20. The van der Waals surface area contributed by atoms with E-state index in [9.17, 15) is 13.5 Å². The number of nitrogens with zero attached hydrogens (tertiary/aromatic N) is 6. The summed E-state index contributed by atoms with van der Waals surface area (Å²) < 4.78 is 39.8. The molecule has 0 aliphatic heterocycles. The molecule has 0 amide bonds. The fourth-order valence-corrected chi connectivity index (χ4v) is 5.16. The molecular formula is C25H28N6O5S. The van der Waals surface area contributed by atoms with Gasteiger partial charge in [-0.05, 0) is 50.1 Å². The van der Waals surface area contributed by atoms with Gasteiger partial charge in [0.2, 0.25) is 0 Å². The minimum atomic E-state index is -3.97. The number of pyridine rings is 1. The first-order valence-corrected chi connectivity index (χ1v) is 13.1. The first-order valence-electron chi connectivity index (χ1n) is 11.4. The van der Waals surface area contributed by atoms with Gasteiger partial charge in [0.05, 0.1) is 19.5 Å². The Balaban J connectivity index is 1.83. The highest BCUT2D eigenvalue weighted by molar-refractivity contribution is 7.91. The number of rotatable bonds is 9. The van der Waals surface area contributed by atoms with Gasteiger partial charge in [0, 0.05) is 30.4 Å². The number of sulfone groups is 1. The molecule has 0 aliphatic rings. The number of aliphatic hydroxyl groups is 1. The first kappa shape index (κ1) is 26.2. The lowest BCUT2D eigenvalue weighted by atomic mass is 10.2. The number of aliphatic hydroxyl groups excluding tert-OH is 1. The molecule has 0 bridgehead atoms. The van der Waals surface area contributed by atoms with Gasteiger partial charge in [0.15, 0.2) is 27.3 Å². The Labute approximate surface area is 215 Å². The van der Waals surface area contributed by atoms with E-state index in [-0.39, 0.29) is 11.6 Å². The van der Waals surface area contributed by atoms with Crippen LogP contribution < -0.4 is 9.47 Å². The number of methoxy groups -OCH3 is 2. The largest absolute Gasteiger partial charge is 0.494 e. The van der Waals surface area contributed by atoms with E-state index in [0.29, 0.717) is 28.6 Å². The summed E-state index contributed by atoms with van der Waals surface area (Å²) in [4.78, 5) is 12.4. The van der Waals surface area contributed by atoms with Crippen molar-refractivity contribution in [1.82, 2.24) is 29.7 Å². The average Bonchev–Trinajstić information content (AvgIpc) is 3.29. The number of para-hydroxylation sites is 1. The predicted octanol–water partition coefficient (Wildman–Crippen LogP) is 2.79. The molecule has 1 aromatic carbocycles. The summed E-state index contributed by atoms with van der Waals surface area (Å²) in [7, 11) is -0.954. The van der Waals surface area contributed by atoms with Gasteiger partial charge < -0.3 is 14.6 Å². The SMILES string of the molecule is COc1cccc(OC)c1-n1c(CS(=O)(=O)[C@H](C)[C@@H](O)c2ncc(C)cn2)nnc1-c1cncc(C)c1. The summed E-state index contributed by atoms with van der Waals surface area (Å²) in [5.41, 5.74) is 2.76. The zero-order valence-electron chi connectivity index (χ0n) is 21.2. The fraction of sp³-hybridized carbons (Fsp3) is 0.320. The van der Waals surface area contributed by atoms with Crippen LogP contribution in [0.25, 0.3) is 17.1 Å². The smallest absolute Gasteiger partial charge is 0.170 e. The summed E-state index contributed by atoms with van der Waals surface area (Å²) in [6.07, 6.45) is 4.95. The first-order chi connectivity index (χ1) is 17.7. The van der Waals surface area contributed by atoms with Gasteiger partial charge in [-0.3, -0.25) is 9.55 Å². The van der Waals surface area contributed by atoms with Crippen molar-refractivity contribution < 1.29 is 23.0 Å². The van der Waals surface area contributed by atoms with Gasteiger partial charge in [0.1, 0.15) is 29.0 Å². The number of hydrogen-bond acceptors (Lipinski definition) is 10. The zero-order chi connectivity index (χ0) is 26.7. The second-order valence-corrected chi connectivity index (χ2v) is 11.0. The van der Waals surface area contributed by atoms with Gasteiger partial charge >= 0.3 is 0 Å². The van der Waals surface area contributed by atoms with E-state index in [1.54, 1.807) is 42.1 Å². The molecular weight excluding hydrogens is 496 g/mol. The topological polar surface area (TPSA) is 142 Å². The average molecular weight is 525 g/mol. The van der Waals surface area contributed by atoms with Crippen LogP contribution in [0, 0.1) is 13.8 Å². The van der Waals surface area contributed by atoms with E-state index in [2.05, 4.69) is 25.1 Å². The standard InChI is InChI=1S/C25H28N6O5S/c1-15-9-18(13-26-10-15)25-30-29-21(31(25)22-19(35-4)7-6-8-20(22)36-5)14-37(33,34)17(3)23(32)24-27-11-16(2)12-28-24/h6-13,17,23,32H,14H2,1-5H3/t17-,23-/m1/s1. The number of aromatic nitrogens is 6. The predicted molar refractivity (Wildman–Crippen MR) is 136 cm³/mol. The molecule has 1 N–H and O–H groups in total. The summed E-state index contributed by atoms with van der Waals surface area (Å²) in [6, 6.07) is 7.09. The Kier molecular flexibility index (Phi) is 7.50. The summed E-state index contributed by atoms with van der Waals surface area (Å²) >= 11 is 0. The van der Waals surface area contributed by atoms with E-state index in [1.165, 1.54) is 33.5 Å². The van der Waals surface area contributed by atoms with Crippen molar-refractivity contribution in [3.63, 3.8) is 0 Å². The van der Waals surface area contributed by atoms with Crippen LogP contribution in [-0.2, 0) is 15.6 Å². The molecule has 3 aromatic heterocycles. The molecule has 0 unspecified atom stereocenters. The third kappa shape index (κ3) is 5.30. The van der Waals surface area contributed by atoms with Gasteiger partial charge in [-0.1, -0.05) is 6.07 Å². The molecule has 194 valence electrons. The van der Waals surface area contributed by atoms with Crippen molar-refractivity contribution in [2.75, 3.05) is 14.2 Å². The van der Waals surface area contributed by atoms with Crippen LogP contribution in [0.15, 0.2) is 49.1 Å². The highest BCUT2D eigenvalue weighted by Crippen LogP contribution is 2.37.